The van der Waals surface area contributed by atoms with E-state index in [4.69, 9.17) is 9.47 Å². The van der Waals surface area contributed by atoms with Crippen LogP contribution in [0.5, 0.6) is 5.75 Å². The average molecular weight is 376 g/mol. The summed E-state index contributed by atoms with van der Waals surface area (Å²) in [5, 5.41) is 2.57. The summed E-state index contributed by atoms with van der Waals surface area (Å²) in [7, 11) is -3.58. The lowest BCUT2D eigenvalue weighted by molar-refractivity contribution is 0.0102. The molecule has 3 rings (SSSR count). The van der Waals surface area contributed by atoms with Crippen LogP contribution in [-0.4, -0.2) is 44.6 Å². The number of morpholine rings is 1. The van der Waals surface area contributed by atoms with Gasteiger partial charge in [-0.3, -0.25) is 5.32 Å². The zero-order valence-corrected chi connectivity index (χ0v) is 15.1. The third-order valence-corrected chi connectivity index (χ3v) is 5.78. The Morgan fingerprint density at radius 1 is 1.15 bits per heavy atom. The maximum absolute atomic E-state index is 12.7. The molecule has 7 nitrogen and oxygen atoms in total. The van der Waals surface area contributed by atoms with Gasteiger partial charge in [0.05, 0.1) is 17.6 Å². The first kappa shape index (κ1) is 18.4. The molecule has 0 aliphatic carbocycles. The first-order valence-electron chi connectivity index (χ1n) is 8.21. The van der Waals surface area contributed by atoms with Gasteiger partial charge in [-0.15, -0.1) is 0 Å². The van der Waals surface area contributed by atoms with Gasteiger partial charge in [0.1, 0.15) is 5.75 Å². The molecule has 0 radical (unpaired) electrons. The number of ether oxygens (including phenoxy) is 2. The number of benzene rings is 2. The summed E-state index contributed by atoms with van der Waals surface area (Å²) in [5.41, 5.74) is 0.445. The van der Waals surface area contributed by atoms with Crippen LogP contribution in [0.1, 0.15) is 6.92 Å². The van der Waals surface area contributed by atoms with Crippen LogP contribution < -0.4 is 10.1 Å². The van der Waals surface area contributed by atoms with E-state index in [0.717, 1.165) is 0 Å². The summed E-state index contributed by atoms with van der Waals surface area (Å²) in [5.74, 6) is 0.422. The number of rotatable bonds is 4. The first-order chi connectivity index (χ1) is 12.4. The SMILES string of the molecule is CC1CN(S(=O)(=O)c2ccc(NC(=O)Oc3ccccc3)cc2)CCO1. The number of nitrogens with one attached hydrogen (secondary N) is 1. The Morgan fingerprint density at radius 3 is 2.50 bits per heavy atom. The van der Waals surface area contributed by atoms with Crippen molar-refractivity contribution in [2.75, 3.05) is 25.0 Å². The minimum absolute atomic E-state index is 0.132. The van der Waals surface area contributed by atoms with Gasteiger partial charge < -0.3 is 9.47 Å². The van der Waals surface area contributed by atoms with Gasteiger partial charge in [-0.05, 0) is 43.3 Å². The summed E-state index contributed by atoms with van der Waals surface area (Å²) in [6.07, 6.45) is -0.777. The molecule has 1 atom stereocenters. The summed E-state index contributed by atoms with van der Waals surface area (Å²) >= 11 is 0. The van der Waals surface area contributed by atoms with E-state index in [9.17, 15) is 13.2 Å². The standard InChI is InChI=1S/C18H20N2O5S/c1-14-13-20(11-12-24-14)26(22,23)17-9-7-15(8-10-17)19-18(21)25-16-5-3-2-4-6-16/h2-10,14H,11-13H2,1H3,(H,19,21). The highest BCUT2D eigenvalue weighted by molar-refractivity contribution is 7.89. The zero-order chi connectivity index (χ0) is 18.6. The lowest BCUT2D eigenvalue weighted by atomic mass is 10.3. The van der Waals surface area contributed by atoms with E-state index in [0.29, 0.717) is 31.1 Å². The molecule has 2 aromatic rings. The van der Waals surface area contributed by atoms with Gasteiger partial charge in [-0.1, -0.05) is 18.2 Å². The minimum Gasteiger partial charge on any atom is -0.410 e. The number of carbonyl (C=O) groups is 1. The van der Waals surface area contributed by atoms with E-state index in [2.05, 4.69) is 5.32 Å². The second-order valence-electron chi connectivity index (χ2n) is 5.90. The normalized spacial score (nSPS) is 18.3. The van der Waals surface area contributed by atoms with E-state index in [-0.39, 0.29) is 11.0 Å². The van der Waals surface area contributed by atoms with Gasteiger partial charge >= 0.3 is 6.09 Å². The van der Waals surface area contributed by atoms with Crippen LogP contribution in [0.4, 0.5) is 10.5 Å². The Balaban J connectivity index is 1.65. The van der Waals surface area contributed by atoms with Crippen LogP contribution in [0.3, 0.4) is 0 Å². The molecule has 1 unspecified atom stereocenters. The van der Waals surface area contributed by atoms with Crippen molar-refractivity contribution >= 4 is 21.8 Å². The number of amides is 1. The van der Waals surface area contributed by atoms with Crippen molar-refractivity contribution in [1.82, 2.24) is 4.31 Å². The molecule has 26 heavy (non-hydrogen) atoms. The van der Waals surface area contributed by atoms with Crippen LogP contribution in [0.2, 0.25) is 0 Å². The van der Waals surface area contributed by atoms with Crippen LogP contribution in [0.15, 0.2) is 59.5 Å². The van der Waals surface area contributed by atoms with Gasteiger partial charge in [0.15, 0.2) is 0 Å². The Morgan fingerprint density at radius 2 is 1.85 bits per heavy atom. The fourth-order valence-corrected chi connectivity index (χ4v) is 4.10. The molecule has 0 bridgehead atoms. The largest absolute Gasteiger partial charge is 0.417 e. The van der Waals surface area contributed by atoms with Gasteiger partial charge in [0, 0.05) is 18.8 Å². The van der Waals surface area contributed by atoms with Gasteiger partial charge in [-0.25, -0.2) is 13.2 Å². The van der Waals surface area contributed by atoms with Crippen molar-refractivity contribution in [2.45, 2.75) is 17.9 Å². The Kier molecular flexibility index (Phi) is 5.55. The Hall–Kier alpha value is -2.42. The number of nitrogens with zero attached hydrogens (tertiary/aromatic N) is 1. The molecule has 1 N–H and O–H groups in total. The van der Waals surface area contributed by atoms with E-state index in [1.165, 1.54) is 28.6 Å². The second-order valence-corrected chi connectivity index (χ2v) is 7.83. The number of anilines is 1. The summed E-state index contributed by atoms with van der Waals surface area (Å²) in [6, 6.07) is 14.7. The fourth-order valence-electron chi connectivity index (χ4n) is 2.60. The summed E-state index contributed by atoms with van der Waals surface area (Å²) < 4.78 is 37.3. The summed E-state index contributed by atoms with van der Waals surface area (Å²) in [6.45, 7) is 2.88. The average Bonchev–Trinajstić information content (AvgIpc) is 2.63. The number of hydrogen-bond acceptors (Lipinski definition) is 5. The molecule has 1 fully saturated rings. The highest BCUT2D eigenvalue weighted by atomic mass is 32.2. The molecule has 1 amide bonds. The Labute approximate surface area is 152 Å². The lowest BCUT2D eigenvalue weighted by Crippen LogP contribution is -2.44. The molecule has 138 valence electrons. The molecule has 0 saturated carbocycles. The number of para-hydroxylation sites is 1. The number of carbonyl (C=O) groups excluding carboxylic acids is 1. The number of sulfonamides is 1. The van der Waals surface area contributed by atoms with Gasteiger partial charge in [-0.2, -0.15) is 4.31 Å². The quantitative estimate of drug-likeness (QED) is 0.887. The smallest absolute Gasteiger partial charge is 0.410 e. The maximum atomic E-state index is 12.7. The monoisotopic (exact) mass is 376 g/mol. The molecule has 1 aliphatic heterocycles. The Bertz CT molecular complexity index is 853. The zero-order valence-electron chi connectivity index (χ0n) is 14.3. The van der Waals surface area contributed by atoms with Crippen LogP contribution in [0, 0.1) is 0 Å². The third-order valence-electron chi connectivity index (χ3n) is 3.90. The lowest BCUT2D eigenvalue weighted by Gasteiger charge is -2.30. The summed E-state index contributed by atoms with van der Waals surface area (Å²) in [4.78, 5) is 12.0. The van der Waals surface area contributed by atoms with Crippen molar-refractivity contribution in [2.24, 2.45) is 0 Å². The predicted octanol–water partition coefficient (Wildman–Crippen LogP) is 2.71. The van der Waals surface area contributed by atoms with Crippen LogP contribution in [-0.2, 0) is 14.8 Å². The topological polar surface area (TPSA) is 84.9 Å². The van der Waals surface area contributed by atoms with E-state index in [1.807, 2.05) is 13.0 Å². The molecule has 0 aromatic heterocycles. The number of hydrogen-bond donors (Lipinski definition) is 1. The van der Waals surface area contributed by atoms with Gasteiger partial charge in [0.2, 0.25) is 10.0 Å². The van der Waals surface area contributed by atoms with Gasteiger partial charge in [0.25, 0.3) is 0 Å². The van der Waals surface area contributed by atoms with E-state index >= 15 is 0 Å². The second kappa shape index (κ2) is 7.86. The van der Waals surface area contributed by atoms with Crippen molar-refractivity contribution in [3.63, 3.8) is 0 Å². The van der Waals surface area contributed by atoms with Crippen LogP contribution in [0.25, 0.3) is 0 Å². The molecule has 2 aromatic carbocycles. The molecule has 8 heteroatoms. The predicted molar refractivity (Wildman–Crippen MR) is 96.7 cm³/mol. The third kappa shape index (κ3) is 4.40. The molecule has 1 heterocycles. The van der Waals surface area contributed by atoms with E-state index < -0.39 is 16.1 Å². The van der Waals surface area contributed by atoms with Crippen molar-refractivity contribution in [1.29, 1.82) is 0 Å². The van der Waals surface area contributed by atoms with Crippen molar-refractivity contribution in [3.05, 3.63) is 54.6 Å². The molecule has 1 aliphatic rings. The minimum atomic E-state index is -3.58. The molecular formula is C18H20N2O5S. The van der Waals surface area contributed by atoms with Crippen molar-refractivity contribution < 1.29 is 22.7 Å². The fraction of sp³-hybridized carbons (Fsp3) is 0.278. The highest BCUT2D eigenvalue weighted by Gasteiger charge is 2.29. The van der Waals surface area contributed by atoms with E-state index in [1.54, 1.807) is 24.3 Å². The van der Waals surface area contributed by atoms with Crippen molar-refractivity contribution in [3.8, 4) is 5.75 Å². The maximum Gasteiger partial charge on any atom is 0.417 e. The molecule has 0 spiro atoms. The van der Waals surface area contributed by atoms with Crippen LogP contribution >= 0.6 is 0 Å². The molecule has 1 saturated heterocycles. The first-order valence-corrected chi connectivity index (χ1v) is 9.65. The molecular weight excluding hydrogens is 356 g/mol. The highest BCUT2D eigenvalue weighted by Crippen LogP contribution is 2.21.